The van der Waals surface area contributed by atoms with Crippen molar-refractivity contribution in [2.24, 2.45) is 0 Å². The number of aliphatic hydroxyl groups excluding tert-OH is 2. The number of ether oxygens (including phenoxy) is 4. The molecule has 4 fully saturated rings. The number of H-pyrrole nitrogens is 4. The van der Waals surface area contributed by atoms with E-state index in [0.717, 1.165) is 19.0 Å². The van der Waals surface area contributed by atoms with E-state index in [1.54, 1.807) is 0 Å². The first-order chi connectivity index (χ1) is 35.3. The number of aromatic nitrogens is 8. The van der Waals surface area contributed by atoms with Gasteiger partial charge < -0.3 is 29.2 Å². The SMILES string of the molecule is Cc1cn([C@H]2C[C@H](NN(C=N)C[C@H]3O[C@@H](n4cc(C)c(=O)[nH]c4=O)C[C@@H]3NN(C=N)C[C@H]3O[C@@H](n4cc(C)c(=O)[nH]c4=O)C[C@@H]3NN(C=N)C[C@H]3O[C@@H](n4cc(C)c(=O)[nH]c4=O)C[C@@H]3O)[C@@H](CO)O2)c(=O)[nH]c1=O. The van der Waals surface area contributed by atoms with Crippen molar-refractivity contribution in [2.45, 2.75) is 127 Å². The van der Waals surface area contributed by atoms with Crippen LogP contribution in [0.3, 0.4) is 0 Å². The van der Waals surface area contributed by atoms with Gasteiger partial charge in [-0.3, -0.25) is 88.6 Å². The third-order valence-corrected chi connectivity index (χ3v) is 13.5. The number of aryl methyl sites for hydroxylation is 4. The molecule has 4 saturated heterocycles. The fourth-order valence-electron chi connectivity index (χ4n) is 9.52. The predicted octanol–water partition coefficient (Wildman–Crippen LogP) is -4.73. The van der Waals surface area contributed by atoms with Gasteiger partial charge in [0.25, 0.3) is 22.2 Å². The third-order valence-electron chi connectivity index (χ3n) is 13.5. The molecule has 400 valence electrons. The van der Waals surface area contributed by atoms with Crippen LogP contribution in [0, 0.1) is 43.9 Å². The average Bonchev–Trinajstić information content (AvgIpc) is 4.15. The Balaban J connectivity index is 1.02. The van der Waals surface area contributed by atoms with E-state index in [1.165, 1.54) is 85.8 Å². The second-order valence-corrected chi connectivity index (χ2v) is 18.7. The maximum Gasteiger partial charge on any atom is 0.330 e. The number of aliphatic hydroxyl groups is 2. The molecule has 31 heteroatoms. The lowest BCUT2D eigenvalue weighted by Crippen LogP contribution is -2.57. The van der Waals surface area contributed by atoms with Gasteiger partial charge >= 0.3 is 22.8 Å². The first-order valence-electron chi connectivity index (χ1n) is 23.6. The second-order valence-electron chi connectivity index (χ2n) is 18.7. The maximum absolute atomic E-state index is 13.2. The van der Waals surface area contributed by atoms with Crippen LogP contribution in [0.1, 0.15) is 72.8 Å². The van der Waals surface area contributed by atoms with Gasteiger partial charge in [-0.1, -0.05) is 0 Å². The summed E-state index contributed by atoms with van der Waals surface area (Å²) in [6.45, 7) is 5.26. The summed E-state index contributed by atoms with van der Waals surface area (Å²) in [4.78, 5) is 110. The van der Waals surface area contributed by atoms with E-state index in [-0.39, 0.29) is 67.6 Å². The standard InChI is InChI=1S/C43H59N17O14/c1-20-9-57(40(67)47-36(20)63)32-5-24(29(72-32)14-55(18-45)53-26-7-34(74-31(26)16-61)59-11-22(3)38(65)49-42(59)69)51-54(17-44)13-28-25(6-33(71-28)58-10-21(2)37(64)48-41(58)68)52-56(19-46)15-30-27(62)8-35(73-30)60-12-23(4)39(66)50-43(60)70/h9-12,17-19,24-35,44-46,51-53,61-62H,5-8,13-16H2,1-4H3,(H,47,63,67)(H,48,64,68)(H,49,65,69)(H,50,66,70)/t24-,25-,26-,27-,28+,29+,30+,31+,32+,33+,34+,35+/m0/s1. The number of aromatic amines is 4. The van der Waals surface area contributed by atoms with Gasteiger partial charge in [-0.25, -0.2) is 35.5 Å². The molecule has 0 spiro atoms. The predicted molar refractivity (Wildman–Crippen MR) is 259 cm³/mol. The summed E-state index contributed by atoms with van der Waals surface area (Å²) in [6.07, 6.45) is -0.0272. The fourth-order valence-corrected chi connectivity index (χ4v) is 9.52. The van der Waals surface area contributed by atoms with Crippen molar-refractivity contribution in [2.75, 3.05) is 26.2 Å². The minimum absolute atomic E-state index is 0.0104. The Morgan fingerprint density at radius 3 is 1.08 bits per heavy atom. The van der Waals surface area contributed by atoms with Crippen LogP contribution in [0.15, 0.2) is 63.1 Å². The first kappa shape index (κ1) is 53.1. The van der Waals surface area contributed by atoms with Gasteiger partial charge in [0, 0.05) is 72.7 Å². The molecule has 12 atom stereocenters. The van der Waals surface area contributed by atoms with Crippen LogP contribution in [0.25, 0.3) is 0 Å². The lowest BCUT2D eigenvalue weighted by atomic mass is 10.1. The molecule has 31 nitrogen and oxygen atoms in total. The van der Waals surface area contributed by atoms with E-state index in [9.17, 15) is 48.6 Å². The molecule has 0 amide bonds. The second kappa shape index (κ2) is 22.1. The summed E-state index contributed by atoms with van der Waals surface area (Å²) >= 11 is 0. The highest BCUT2D eigenvalue weighted by Gasteiger charge is 2.44. The van der Waals surface area contributed by atoms with Crippen LogP contribution in [0.5, 0.6) is 0 Å². The topological polar surface area (TPSA) is 414 Å². The minimum atomic E-state index is -1.11. The normalized spacial score (nSPS) is 27.6. The third kappa shape index (κ3) is 11.3. The van der Waals surface area contributed by atoms with Crippen molar-refractivity contribution in [3.8, 4) is 0 Å². The van der Waals surface area contributed by atoms with E-state index in [1.807, 2.05) is 0 Å². The zero-order valence-electron chi connectivity index (χ0n) is 40.6. The van der Waals surface area contributed by atoms with E-state index >= 15 is 0 Å². The highest BCUT2D eigenvalue weighted by Crippen LogP contribution is 2.33. The molecule has 4 aliphatic rings. The molecule has 74 heavy (non-hydrogen) atoms. The Hall–Kier alpha value is -7.23. The van der Waals surface area contributed by atoms with Gasteiger partial charge in [-0.05, 0) is 27.7 Å². The van der Waals surface area contributed by atoms with Crippen LogP contribution in [-0.2, 0) is 18.9 Å². The quantitative estimate of drug-likeness (QED) is 0.0225. The molecule has 4 aliphatic heterocycles. The number of nitrogens with one attached hydrogen (secondary N) is 10. The number of hydrogen-bond donors (Lipinski definition) is 12. The van der Waals surface area contributed by atoms with Crippen molar-refractivity contribution in [3.05, 3.63) is 130 Å². The van der Waals surface area contributed by atoms with Gasteiger partial charge in [-0.15, -0.1) is 0 Å². The summed E-state index contributed by atoms with van der Waals surface area (Å²) in [5, 5.41) is 50.7. The molecule has 0 aliphatic carbocycles. The van der Waals surface area contributed by atoms with Crippen molar-refractivity contribution in [1.29, 1.82) is 16.2 Å². The van der Waals surface area contributed by atoms with Gasteiger partial charge in [0.05, 0.1) is 81.7 Å². The lowest BCUT2D eigenvalue weighted by Gasteiger charge is -2.34. The van der Waals surface area contributed by atoms with Crippen LogP contribution >= 0.6 is 0 Å². The van der Waals surface area contributed by atoms with E-state index in [0.29, 0.717) is 0 Å². The van der Waals surface area contributed by atoms with Gasteiger partial charge in [0.15, 0.2) is 0 Å². The van der Waals surface area contributed by atoms with Crippen molar-refractivity contribution in [1.82, 2.24) is 69.5 Å². The largest absolute Gasteiger partial charge is 0.394 e. The van der Waals surface area contributed by atoms with Gasteiger partial charge in [0.1, 0.15) is 37.1 Å². The molecule has 12 N–H and O–H groups in total. The Labute approximate surface area is 416 Å². The highest BCUT2D eigenvalue weighted by atomic mass is 16.5. The fraction of sp³-hybridized carbons (Fsp3) is 0.558. The molecule has 0 aromatic carbocycles. The minimum Gasteiger partial charge on any atom is -0.394 e. The van der Waals surface area contributed by atoms with Crippen molar-refractivity contribution < 1.29 is 29.2 Å². The zero-order chi connectivity index (χ0) is 53.3. The molecule has 0 bridgehead atoms. The van der Waals surface area contributed by atoms with Crippen LogP contribution in [-0.4, -0.2) is 157 Å². The molecule has 4 aromatic heterocycles. The van der Waals surface area contributed by atoms with Gasteiger partial charge in [0.2, 0.25) is 0 Å². The number of hydrogen-bond acceptors (Lipinski definition) is 20. The molecule has 8 rings (SSSR count). The maximum atomic E-state index is 13.2. The van der Waals surface area contributed by atoms with Crippen molar-refractivity contribution in [3.63, 3.8) is 0 Å². The molecule has 8 heterocycles. The lowest BCUT2D eigenvalue weighted by molar-refractivity contribution is -0.0419. The summed E-state index contributed by atoms with van der Waals surface area (Å²) in [5.74, 6) is 0. The van der Waals surface area contributed by atoms with E-state index in [2.05, 4.69) is 36.2 Å². The number of rotatable bonds is 20. The molecule has 0 saturated carbocycles. The van der Waals surface area contributed by atoms with Crippen molar-refractivity contribution >= 4 is 19.0 Å². The van der Waals surface area contributed by atoms with Crippen LogP contribution in [0.2, 0.25) is 0 Å². The van der Waals surface area contributed by atoms with Crippen LogP contribution in [0.4, 0.5) is 0 Å². The number of nitrogens with zero attached hydrogens (tertiary/aromatic N) is 7. The summed E-state index contributed by atoms with van der Waals surface area (Å²) in [7, 11) is 0. The molecule has 0 unspecified atom stereocenters. The smallest absolute Gasteiger partial charge is 0.330 e. The summed E-state index contributed by atoms with van der Waals surface area (Å²) in [6, 6.07) is -2.18. The zero-order valence-corrected chi connectivity index (χ0v) is 40.6. The molecular formula is C43H59N17O14. The molecule has 4 aromatic rings. The Morgan fingerprint density at radius 1 is 0.500 bits per heavy atom. The van der Waals surface area contributed by atoms with Gasteiger partial charge in [-0.2, -0.15) is 0 Å². The van der Waals surface area contributed by atoms with E-state index < -0.39 is 125 Å². The summed E-state index contributed by atoms with van der Waals surface area (Å²) < 4.78 is 29.9. The average molecular weight is 1040 g/mol. The Morgan fingerprint density at radius 2 is 0.770 bits per heavy atom. The molecule has 0 radical (unpaired) electrons. The highest BCUT2D eigenvalue weighted by molar-refractivity contribution is 5.51. The Kier molecular flexibility index (Phi) is 15.8. The Bertz CT molecular complexity index is 3230. The van der Waals surface area contributed by atoms with Crippen LogP contribution < -0.4 is 61.3 Å². The molecular weight excluding hydrogens is 979 g/mol. The first-order valence-corrected chi connectivity index (χ1v) is 23.6. The van der Waals surface area contributed by atoms with E-state index in [4.69, 9.17) is 35.2 Å². The summed E-state index contributed by atoms with van der Waals surface area (Å²) in [5.41, 5.74) is 5.36. The monoisotopic (exact) mass is 1040 g/mol. The number of hydrazine groups is 3.